The molecule has 1 aliphatic rings. The van der Waals surface area contributed by atoms with Crippen LogP contribution in [0.1, 0.15) is 69.7 Å². The molecule has 1 aromatic carbocycles. The molecule has 2 heterocycles. The molecule has 0 saturated carbocycles. The van der Waals surface area contributed by atoms with Crippen molar-refractivity contribution in [1.82, 2.24) is 10.1 Å². The number of ether oxygens (including phenoxy) is 2. The van der Waals surface area contributed by atoms with E-state index in [0.717, 1.165) is 44.6 Å². The molecule has 3 rings (SSSR count). The van der Waals surface area contributed by atoms with Crippen LogP contribution >= 0.6 is 0 Å². The Balaban J connectivity index is 1.38. The lowest BCUT2D eigenvalue weighted by Crippen LogP contribution is -2.34. The third kappa shape index (κ3) is 5.95. The summed E-state index contributed by atoms with van der Waals surface area (Å²) in [5.74, 6) is 0.559. The maximum atomic E-state index is 14.3. The number of piperidine rings is 1. The van der Waals surface area contributed by atoms with Gasteiger partial charge in [0, 0.05) is 30.6 Å². The number of nitrogens with zero attached hydrogens (tertiary/aromatic N) is 3. The van der Waals surface area contributed by atoms with Crippen molar-refractivity contribution in [1.29, 1.82) is 0 Å². The molecule has 8 heteroatoms. The van der Waals surface area contributed by atoms with E-state index >= 15 is 0 Å². The molecular formula is C23H32FN3O4. The molecule has 1 aliphatic heterocycles. The van der Waals surface area contributed by atoms with Crippen LogP contribution in [0.3, 0.4) is 0 Å². The molecule has 1 saturated heterocycles. The van der Waals surface area contributed by atoms with Crippen molar-refractivity contribution in [3.8, 4) is 5.75 Å². The number of aromatic nitrogens is 2. The Labute approximate surface area is 182 Å². The van der Waals surface area contributed by atoms with Gasteiger partial charge in [0.1, 0.15) is 11.6 Å². The second-order valence-electron chi connectivity index (χ2n) is 8.44. The minimum atomic E-state index is -0.644. The average molecular weight is 434 g/mol. The van der Waals surface area contributed by atoms with E-state index in [2.05, 4.69) is 33.6 Å². The van der Waals surface area contributed by atoms with Crippen molar-refractivity contribution < 1.29 is 23.2 Å². The predicted molar refractivity (Wildman–Crippen MR) is 115 cm³/mol. The van der Waals surface area contributed by atoms with Crippen molar-refractivity contribution in [2.24, 2.45) is 5.92 Å². The summed E-state index contributed by atoms with van der Waals surface area (Å²) < 4.78 is 30.1. The number of carbonyl (C=O) groups excluding carboxylic acids is 1. The van der Waals surface area contributed by atoms with E-state index in [-0.39, 0.29) is 5.92 Å². The molecule has 1 fully saturated rings. The smallest absolute Gasteiger partial charge is 0.324 e. The normalized spacial score (nSPS) is 15.9. The van der Waals surface area contributed by atoms with E-state index in [0.29, 0.717) is 29.9 Å². The number of methoxy groups -OCH3 is 1. The third-order valence-electron chi connectivity index (χ3n) is 5.85. The number of halogens is 1. The van der Waals surface area contributed by atoms with Crippen molar-refractivity contribution >= 4 is 12.0 Å². The second kappa shape index (κ2) is 10.6. The van der Waals surface area contributed by atoms with Gasteiger partial charge in [0.2, 0.25) is 0 Å². The highest BCUT2D eigenvalue weighted by molar-refractivity contribution is 5.77. The van der Waals surface area contributed by atoms with E-state index < -0.39 is 17.7 Å². The third-order valence-corrected chi connectivity index (χ3v) is 5.85. The monoisotopic (exact) mass is 433 g/mol. The van der Waals surface area contributed by atoms with Crippen LogP contribution in [-0.4, -0.2) is 42.9 Å². The second-order valence-corrected chi connectivity index (χ2v) is 8.44. The van der Waals surface area contributed by atoms with Gasteiger partial charge in [-0.05, 0) is 44.6 Å². The summed E-state index contributed by atoms with van der Waals surface area (Å²) in [6.07, 6.45) is 4.13. The minimum absolute atomic E-state index is 0.260. The molecule has 170 valence electrons. The van der Waals surface area contributed by atoms with Gasteiger partial charge < -0.3 is 18.9 Å². The van der Waals surface area contributed by atoms with Crippen molar-refractivity contribution in [2.75, 3.05) is 31.7 Å². The number of anilines is 1. The van der Waals surface area contributed by atoms with Crippen molar-refractivity contribution in [3.63, 3.8) is 0 Å². The largest absolute Gasteiger partial charge is 0.493 e. The molecule has 2 aromatic rings. The Kier molecular flexibility index (Phi) is 7.87. The van der Waals surface area contributed by atoms with Gasteiger partial charge in [-0.25, -0.2) is 4.39 Å². The van der Waals surface area contributed by atoms with Gasteiger partial charge >= 0.3 is 12.0 Å². The summed E-state index contributed by atoms with van der Waals surface area (Å²) >= 11 is 0. The maximum absolute atomic E-state index is 14.3. The molecule has 1 aromatic heterocycles. The molecule has 0 aliphatic carbocycles. The van der Waals surface area contributed by atoms with E-state index in [1.165, 1.54) is 13.2 Å². The van der Waals surface area contributed by atoms with Crippen LogP contribution in [0.15, 0.2) is 22.7 Å². The van der Waals surface area contributed by atoms with Gasteiger partial charge in [-0.1, -0.05) is 25.1 Å². The minimum Gasteiger partial charge on any atom is -0.493 e. The molecule has 0 bridgehead atoms. The number of benzene rings is 1. The van der Waals surface area contributed by atoms with Crippen LogP contribution in [0.25, 0.3) is 0 Å². The van der Waals surface area contributed by atoms with E-state index in [4.69, 9.17) is 9.26 Å². The summed E-state index contributed by atoms with van der Waals surface area (Å²) in [6, 6.07) is 5.25. The molecule has 1 atom stereocenters. The lowest BCUT2D eigenvalue weighted by molar-refractivity contribution is -0.142. The predicted octanol–water partition coefficient (Wildman–Crippen LogP) is 4.68. The number of esters is 1. The maximum Gasteiger partial charge on any atom is 0.324 e. The highest BCUT2D eigenvalue weighted by Crippen LogP contribution is 2.27. The first-order chi connectivity index (χ1) is 14.9. The fourth-order valence-electron chi connectivity index (χ4n) is 3.82. The standard InChI is InChI=1S/C23H32FN3O4/c1-15(2)21-25-23(31-26-21)27-11-9-17(10-12-27)6-5-13-30-18-7-8-19(20(24)14-18)16(3)22(28)29-4/h7-8,14-17H,5-6,9-13H2,1-4H3. The summed E-state index contributed by atoms with van der Waals surface area (Å²) in [5.41, 5.74) is 0.313. The van der Waals surface area contributed by atoms with Gasteiger partial charge in [-0.2, -0.15) is 4.98 Å². The van der Waals surface area contributed by atoms with Crippen LogP contribution in [-0.2, 0) is 9.53 Å². The van der Waals surface area contributed by atoms with Gasteiger partial charge in [0.15, 0.2) is 5.82 Å². The number of hydrogen-bond acceptors (Lipinski definition) is 7. The molecule has 7 nitrogen and oxygen atoms in total. The summed E-state index contributed by atoms with van der Waals surface area (Å²) in [4.78, 5) is 18.2. The summed E-state index contributed by atoms with van der Waals surface area (Å²) in [5, 5.41) is 4.04. The van der Waals surface area contributed by atoms with Crippen molar-refractivity contribution in [3.05, 3.63) is 35.4 Å². The first-order valence-corrected chi connectivity index (χ1v) is 11.0. The van der Waals surface area contributed by atoms with Crippen LogP contribution in [0.2, 0.25) is 0 Å². The van der Waals surface area contributed by atoms with E-state index in [1.54, 1.807) is 19.1 Å². The zero-order valence-electron chi connectivity index (χ0n) is 18.8. The highest BCUT2D eigenvalue weighted by Gasteiger charge is 2.23. The lowest BCUT2D eigenvalue weighted by atomic mass is 9.92. The fourth-order valence-corrected chi connectivity index (χ4v) is 3.82. The molecule has 1 unspecified atom stereocenters. The Hall–Kier alpha value is -2.64. The molecular weight excluding hydrogens is 401 g/mol. The zero-order chi connectivity index (χ0) is 22.4. The van der Waals surface area contributed by atoms with Crippen molar-refractivity contribution in [2.45, 2.75) is 58.3 Å². The molecule has 31 heavy (non-hydrogen) atoms. The quantitative estimate of drug-likeness (QED) is 0.419. The average Bonchev–Trinajstić information content (AvgIpc) is 3.27. The van der Waals surface area contributed by atoms with Gasteiger partial charge in [-0.15, -0.1) is 0 Å². The number of rotatable bonds is 9. The van der Waals surface area contributed by atoms with E-state index in [1.807, 2.05) is 0 Å². The molecule has 0 amide bonds. The Bertz CT molecular complexity index is 862. The lowest BCUT2D eigenvalue weighted by Gasteiger charge is -2.30. The molecule has 0 N–H and O–H groups in total. The topological polar surface area (TPSA) is 77.7 Å². The van der Waals surface area contributed by atoms with E-state index in [9.17, 15) is 9.18 Å². The van der Waals surface area contributed by atoms with Gasteiger partial charge in [-0.3, -0.25) is 4.79 Å². The summed E-state index contributed by atoms with van der Waals surface area (Å²) in [6.45, 7) is 8.08. The molecule has 0 radical (unpaired) electrons. The SMILES string of the molecule is COC(=O)C(C)c1ccc(OCCCC2CCN(c3nc(C(C)C)no3)CC2)cc1F. The Morgan fingerprint density at radius 3 is 2.65 bits per heavy atom. The van der Waals surface area contributed by atoms with Crippen LogP contribution in [0, 0.1) is 11.7 Å². The van der Waals surface area contributed by atoms with Gasteiger partial charge in [0.25, 0.3) is 0 Å². The molecule has 0 spiro atoms. The number of carbonyl (C=O) groups is 1. The van der Waals surface area contributed by atoms with Crippen LogP contribution < -0.4 is 9.64 Å². The first kappa shape index (κ1) is 23.0. The van der Waals surface area contributed by atoms with Crippen LogP contribution in [0.5, 0.6) is 5.75 Å². The zero-order valence-corrected chi connectivity index (χ0v) is 18.8. The Morgan fingerprint density at radius 1 is 1.29 bits per heavy atom. The van der Waals surface area contributed by atoms with Crippen LogP contribution in [0.4, 0.5) is 10.4 Å². The highest BCUT2D eigenvalue weighted by atomic mass is 19.1. The number of hydrogen-bond donors (Lipinski definition) is 0. The Morgan fingerprint density at radius 2 is 2.03 bits per heavy atom. The summed E-state index contributed by atoms with van der Waals surface area (Å²) in [7, 11) is 1.30. The van der Waals surface area contributed by atoms with Gasteiger partial charge in [0.05, 0.1) is 19.6 Å². The first-order valence-electron chi connectivity index (χ1n) is 11.0. The fraction of sp³-hybridized carbons (Fsp3) is 0.609.